The van der Waals surface area contributed by atoms with Crippen LogP contribution in [0.2, 0.25) is 5.02 Å². The molecule has 0 aromatic heterocycles. The van der Waals surface area contributed by atoms with Crippen LogP contribution in [0.1, 0.15) is 13.3 Å². The van der Waals surface area contributed by atoms with E-state index in [4.69, 9.17) is 22.1 Å². The minimum absolute atomic E-state index is 0.249. The van der Waals surface area contributed by atoms with Crippen molar-refractivity contribution in [2.24, 2.45) is 0 Å². The van der Waals surface area contributed by atoms with Gasteiger partial charge in [0.2, 0.25) is 5.91 Å². The average Bonchev–Trinajstić information content (AvgIpc) is 2.28. The number of nitrogen functional groups attached to an aromatic ring is 1. The van der Waals surface area contributed by atoms with Gasteiger partial charge in [0, 0.05) is 12.1 Å². The second kappa shape index (κ2) is 6.26. The van der Waals surface area contributed by atoms with Gasteiger partial charge in [0.25, 0.3) is 0 Å². The molecule has 0 atom stereocenters. The van der Waals surface area contributed by atoms with Gasteiger partial charge >= 0.3 is 5.97 Å². The molecule has 2 N–H and O–H groups in total. The van der Waals surface area contributed by atoms with Crippen molar-refractivity contribution in [3.05, 3.63) is 23.2 Å². The minimum Gasteiger partial charge on any atom is -0.466 e. The second-order valence-electron chi connectivity index (χ2n) is 3.64. The molecule has 1 amide bonds. The number of anilines is 2. The molecule has 0 aliphatic heterocycles. The summed E-state index contributed by atoms with van der Waals surface area (Å²) in [4.78, 5) is 24.3. The summed E-state index contributed by atoms with van der Waals surface area (Å²) in [6.45, 7) is 1.93. The molecule has 1 aromatic carbocycles. The Balaban J connectivity index is 2.77. The van der Waals surface area contributed by atoms with E-state index >= 15 is 0 Å². The number of nitrogens with zero attached hydrogens (tertiary/aromatic N) is 1. The SMILES string of the molecule is CCOC(=O)CC(=O)N(C)c1ccc(Cl)cc1N. The van der Waals surface area contributed by atoms with Crippen molar-refractivity contribution in [3.8, 4) is 0 Å². The van der Waals surface area contributed by atoms with Crippen LogP contribution in [-0.4, -0.2) is 25.5 Å². The number of rotatable bonds is 4. The fourth-order valence-corrected chi connectivity index (χ4v) is 1.60. The number of benzene rings is 1. The van der Waals surface area contributed by atoms with Gasteiger partial charge < -0.3 is 15.4 Å². The first kappa shape index (κ1) is 14.3. The molecule has 0 fully saturated rings. The van der Waals surface area contributed by atoms with Crippen molar-refractivity contribution in [1.29, 1.82) is 0 Å². The molecule has 1 rings (SSSR count). The Morgan fingerprint density at radius 3 is 2.67 bits per heavy atom. The molecule has 0 bridgehead atoms. The van der Waals surface area contributed by atoms with Crippen molar-refractivity contribution < 1.29 is 14.3 Å². The van der Waals surface area contributed by atoms with Crippen LogP contribution < -0.4 is 10.6 Å². The van der Waals surface area contributed by atoms with Gasteiger partial charge in [0.15, 0.2) is 0 Å². The number of amides is 1. The molecular formula is C12H15ClN2O3. The van der Waals surface area contributed by atoms with Crippen LogP contribution in [0, 0.1) is 0 Å². The number of esters is 1. The highest BCUT2D eigenvalue weighted by Gasteiger charge is 2.17. The smallest absolute Gasteiger partial charge is 0.315 e. The lowest BCUT2D eigenvalue weighted by molar-refractivity contribution is -0.145. The van der Waals surface area contributed by atoms with E-state index in [1.807, 2.05) is 0 Å². The van der Waals surface area contributed by atoms with Crippen molar-refractivity contribution in [2.75, 3.05) is 24.3 Å². The van der Waals surface area contributed by atoms with Crippen molar-refractivity contribution in [2.45, 2.75) is 13.3 Å². The number of carbonyl (C=O) groups is 2. The highest BCUT2D eigenvalue weighted by molar-refractivity contribution is 6.31. The van der Waals surface area contributed by atoms with Gasteiger partial charge in [0.05, 0.1) is 18.0 Å². The molecule has 98 valence electrons. The Labute approximate surface area is 110 Å². The lowest BCUT2D eigenvalue weighted by Crippen LogP contribution is -2.29. The van der Waals surface area contributed by atoms with E-state index in [2.05, 4.69) is 0 Å². The van der Waals surface area contributed by atoms with E-state index in [1.54, 1.807) is 32.2 Å². The molecule has 5 nitrogen and oxygen atoms in total. The monoisotopic (exact) mass is 270 g/mol. The third kappa shape index (κ3) is 3.63. The number of hydrogen-bond donors (Lipinski definition) is 1. The summed E-state index contributed by atoms with van der Waals surface area (Å²) in [7, 11) is 1.54. The van der Waals surface area contributed by atoms with Gasteiger partial charge in [-0.05, 0) is 25.1 Å². The third-order valence-corrected chi connectivity index (χ3v) is 2.56. The largest absolute Gasteiger partial charge is 0.466 e. The Morgan fingerprint density at radius 2 is 2.11 bits per heavy atom. The number of nitrogens with two attached hydrogens (primary N) is 1. The summed E-state index contributed by atoms with van der Waals surface area (Å²) in [6, 6.07) is 4.80. The zero-order valence-electron chi connectivity index (χ0n) is 10.3. The van der Waals surface area contributed by atoms with Gasteiger partial charge in [-0.15, -0.1) is 0 Å². The van der Waals surface area contributed by atoms with E-state index < -0.39 is 5.97 Å². The first-order valence-corrected chi connectivity index (χ1v) is 5.80. The Kier molecular flexibility index (Phi) is 4.97. The van der Waals surface area contributed by atoms with Crippen LogP contribution in [0.3, 0.4) is 0 Å². The van der Waals surface area contributed by atoms with Crippen LogP contribution in [0.4, 0.5) is 11.4 Å². The zero-order valence-corrected chi connectivity index (χ0v) is 11.0. The quantitative estimate of drug-likeness (QED) is 0.515. The maximum absolute atomic E-state index is 11.8. The third-order valence-electron chi connectivity index (χ3n) is 2.33. The standard InChI is InChI=1S/C12H15ClN2O3/c1-3-18-12(17)7-11(16)15(2)10-5-4-8(13)6-9(10)14/h4-6H,3,7,14H2,1-2H3. The van der Waals surface area contributed by atoms with Crippen molar-refractivity contribution in [3.63, 3.8) is 0 Å². The topological polar surface area (TPSA) is 72.6 Å². The van der Waals surface area contributed by atoms with Crippen LogP contribution in [0.15, 0.2) is 18.2 Å². The Bertz CT molecular complexity index is 463. The number of halogens is 1. The molecule has 0 saturated carbocycles. The van der Waals surface area contributed by atoms with Crippen LogP contribution >= 0.6 is 11.6 Å². The van der Waals surface area contributed by atoms with E-state index in [0.29, 0.717) is 16.4 Å². The molecule has 0 unspecified atom stereocenters. The van der Waals surface area contributed by atoms with E-state index in [1.165, 1.54) is 4.90 Å². The molecule has 0 heterocycles. The number of hydrogen-bond acceptors (Lipinski definition) is 4. The van der Waals surface area contributed by atoms with Crippen molar-refractivity contribution >= 4 is 34.9 Å². The maximum Gasteiger partial charge on any atom is 0.315 e. The summed E-state index contributed by atoms with van der Waals surface area (Å²) >= 11 is 5.77. The summed E-state index contributed by atoms with van der Waals surface area (Å²) in [5.74, 6) is -0.940. The normalized spacial score (nSPS) is 9.94. The predicted molar refractivity (Wildman–Crippen MR) is 70.5 cm³/mol. The first-order chi connectivity index (χ1) is 8.45. The maximum atomic E-state index is 11.8. The number of ether oxygens (including phenoxy) is 1. The second-order valence-corrected chi connectivity index (χ2v) is 4.07. The first-order valence-electron chi connectivity index (χ1n) is 5.43. The highest BCUT2D eigenvalue weighted by atomic mass is 35.5. The molecule has 18 heavy (non-hydrogen) atoms. The Hall–Kier alpha value is -1.75. The van der Waals surface area contributed by atoms with Gasteiger partial charge in [-0.3, -0.25) is 9.59 Å². The number of carbonyl (C=O) groups excluding carboxylic acids is 2. The van der Waals surface area contributed by atoms with Crippen LogP contribution in [0.25, 0.3) is 0 Å². The van der Waals surface area contributed by atoms with Gasteiger partial charge in [-0.25, -0.2) is 0 Å². The van der Waals surface area contributed by atoms with E-state index in [-0.39, 0.29) is 18.9 Å². The minimum atomic E-state index is -0.554. The predicted octanol–water partition coefficient (Wildman–Crippen LogP) is 1.84. The molecule has 0 saturated heterocycles. The summed E-state index contributed by atoms with van der Waals surface area (Å²) in [5, 5.41) is 0.488. The van der Waals surface area contributed by atoms with Crippen molar-refractivity contribution in [1.82, 2.24) is 0 Å². The lowest BCUT2D eigenvalue weighted by atomic mass is 10.2. The highest BCUT2D eigenvalue weighted by Crippen LogP contribution is 2.25. The average molecular weight is 271 g/mol. The summed E-state index contributed by atoms with van der Waals surface area (Å²) in [5.41, 5.74) is 6.64. The van der Waals surface area contributed by atoms with E-state index in [9.17, 15) is 9.59 Å². The van der Waals surface area contributed by atoms with Crippen LogP contribution in [-0.2, 0) is 14.3 Å². The van der Waals surface area contributed by atoms with Gasteiger partial charge in [-0.1, -0.05) is 11.6 Å². The molecular weight excluding hydrogens is 256 g/mol. The van der Waals surface area contributed by atoms with Crippen LogP contribution in [0.5, 0.6) is 0 Å². The lowest BCUT2D eigenvalue weighted by Gasteiger charge is -2.18. The molecule has 0 aliphatic rings. The molecule has 6 heteroatoms. The fourth-order valence-electron chi connectivity index (χ4n) is 1.42. The molecule has 0 spiro atoms. The summed E-state index contributed by atoms with van der Waals surface area (Å²) in [6.07, 6.45) is -0.313. The van der Waals surface area contributed by atoms with E-state index in [0.717, 1.165) is 0 Å². The molecule has 0 aliphatic carbocycles. The fraction of sp³-hybridized carbons (Fsp3) is 0.333. The van der Waals surface area contributed by atoms with Gasteiger partial charge in [-0.2, -0.15) is 0 Å². The molecule has 0 radical (unpaired) electrons. The van der Waals surface area contributed by atoms with Gasteiger partial charge in [0.1, 0.15) is 6.42 Å². The Morgan fingerprint density at radius 1 is 1.44 bits per heavy atom. The summed E-state index contributed by atoms with van der Waals surface area (Å²) < 4.78 is 4.71. The zero-order chi connectivity index (χ0) is 13.7. The molecule has 1 aromatic rings.